The Balaban J connectivity index is 1.63. The van der Waals surface area contributed by atoms with Gasteiger partial charge in [0.25, 0.3) is 5.91 Å². The summed E-state index contributed by atoms with van der Waals surface area (Å²) >= 11 is 0. The summed E-state index contributed by atoms with van der Waals surface area (Å²) in [7, 11) is 1.60. The van der Waals surface area contributed by atoms with E-state index in [9.17, 15) is 14.4 Å². The number of carboxylic acid groups (broad SMARTS) is 1. The molecule has 7 nitrogen and oxygen atoms in total. The van der Waals surface area contributed by atoms with E-state index in [-0.39, 0.29) is 18.4 Å². The van der Waals surface area contributed by atoms with Gasteiger partial charge in [0.15, 0.2) is 0 Å². The molecule has 1 saturated heterocycles. The van der Waals surface area contributed by atoms with Crippen LogP contribution in [-0.2, 0) is 9.59 Å². The molecule has 1 heterocycles. The van der Waals surface area contributed by atoms with E-state index in [1.807, 2.05) is 42.5 Å². The lowest BCUT2D eigenvalue weighted by molar-refractivity contribution is -0.145. The second kappa shape index (κ2) is 9.23. The van der Waals surface area contributed by atoms with Crippen LogP contribution in [-0.4, -0.2) is 59.4 Å². The molecule has 0 spiro atoms. The Morgan fingerprint density at radius 2 is 1.66 bits per heavy atom. The predicted octanol–water partition coefficient (Wildman–Crippen LogP) is 2.83. The molecule has 0 radical (unpaired) electrons. The average molecular weight is 395 g/mol. The van der Waals surface area contributed by atoms with Gasteiger partial charge < -0.3 is 20.2 Å². The lowest BCUT2D eigenvalue weighted by Gasteiger charge is -2.31. The van der Waals surface area contributed by atoms with Crippen LogP contribution in [0.5, 0.6) is 0 Å². The second-order valence-corrected chi connectivity index (χ2v) is 7.19. The number of piperidine rings is 1. The number of carboxylic acids is 1. The highest BCUT2D eigenvalue weighted by Gasteiger charge is 2.28. The number of nitrogens with one attached hydrogen (secondary N) is 1. The summed E-state index contributed by atoms with van der Waals surface area (Å²) in [4.78, 5) is 39.6. The highest BCUT2D eigenvalue weighted by molar-refractivity contribution is 6.01. The number of carbonyl (C=O) groups excluding carboxylic acids is 2. The smallest absolute Gasteiger partial charge is 0.306 e. The molecule has 152 valence electrons. The fourth-order valence-electron chi connectivity index (χ4n) is 3.41. The summed E-state index contributed by atoms with van der Waals surface area (Å²) in [5.41, 5.74) is 2.02. The predicted molar refractivity (Wildman–Crippen MR) is 110 cm³/mol. The van der Waals surface area contributed by atoms with Crippen molar-refractivity contribution in [1.29, 1.82) is 0 Å². The Morgan fingerprint density at radius 1 is 1.03 bits per heavy atom. The molecule has 0 aromatic heterocycles. The van der Waals surface area contributed by atoms with Gasteiger partial charge in [0, 0.05) is 25.8 Å². The minimum Gasteiger partial charge on any atom is -0.481 e. The number of likely N-dealkylation sites (tertiary alicyclic amines) is 1. The van der Waals surface area contributed by atoms with E-state index in [1.165, 1.54) is 4.90 Å². The van der Waals surface area contributed by atoms with Crippen LogP contribution in [0.1, 0.15) is 23.2 Å². The molecule has 1 fully saturated rings. The number of para-hydroxylation sites is 2. The number of aliphatic carboxylic acids is 1. The summed E-state index contributed by atoms with van der Waals surface area (Å²) in [6.07, 6.45) is 0.894. The van der Waals surface area contributed by atoms with Crippen LogP contribution in [0.2, 0.25) is 0 Å². The van der Waals surface area contributed by atoms with Crippen molar-refractivity contribution < 1.29 is 19.5 Å². The third kappa shape index (κ3) is 5.13. The first-order chi connectivity index (χ1) is 14.0. The summed E-state index contributed by atoms with van der Waals surface area (Å²) in [6.45, 7) is 0.768. The molecule has 0 unspecified atom stereocenters. The maximum absolute atomic E-state index is 13.0. The molecule has 0 atom stereocenters. The van der Waals surface area contributed by atoms with Gasteiger partial charge in [-0.15, -0.1) is 0 Å². The average Bonchev–Trinajstić information content (AvgIpc) is 2.74. The molecule has 2 amide bonds. The molecular formula is C22H25N3O4. The number of hydrogen-bond acceptors (Lipinski definition) is 4. The number of carbonyl (C=O) groups is 3. The minimum absolute atomic E-state index is 0.0454. The number of anilines is 2. The Morgan fingerprint density at radius 3 is 2.31 bits per heavy atom. The third-order valence-electron chi connectivity index (χ3n) is 5.13. The first kappa shape index (κ1) is 20.4. The number of benzene rings is 2. The van der Waals surface area contributed by atoms with Crippen molar-refractivity contribution in [3.05, 3.63) is 60.2 Å². The van der Waals surface area contributed by atoms with Crippen molar-refractivity contribution in [1.82, 2.24) is 9.80 Å². The lowest BCUT2D eigenvalue weighted by Crippen LogP contribution is -2.45. The molecule has 1 aliphatic rings. The van der Waals surface area contributed by atoms with Gasteiger partial charge >= 0.3 is 5.97 Å². The van der Waals surface area contributed by atoms with Gasteiger partial charge in [-0.05, 0) is 37.1 Å². The normalized spacial score (nSPS) is 14.3. The van der Waals surface area contributed by atoms with Crippen LogP contribution in [0.15, 0.2) is 54.6 Å². The second-order valence-electron chi connectivity index (χ2n) is 7.19. The van der Waals surface area contributed by atoms with Crippen molar-refractivity contribution in [2.75, 3.05) is 32.0 Å². The minimum atomic E-state index is -0.813. The Bertz CT molecular complexity index is 877. The highest BCUT2D eigenvalue weighted by atomic mass is 16.4. The first-order valence-corrected chi connectivity index (χ1v) is 9.63. The highest BCUT2D eigenvalue weighted by Crippen LogP contribution is 2.22. The summed E-state index contributed by atoms with van der Waals surface area (Å²) < 4.78 is 0. The lowest BCUT2D eigenvalue weighted by atomic mass is 9.97. The van der Waals surface area contributed by atoms with Crippen LogP contribution >= 0.6 is 0 Å². The van der Waals surface area contributed by atoms with Gasteiger partial charge in [0.2, 0.25) is 5.91 Å². The monoisotopic (exact) mass is 395 g/mol. The van der Waals surface area contributed by atoms with Crippen molar-refractivity contribution in [3.8, 4) is 0 Å². The Kier molecular flexibility index (Phi) is 6.49. The first-order valence-electron chi connectivity index (χ1n) is 9.63. The molecule has 3 rings (SSSR count). The van der Waals surface area contributed by atoms with E-state index in [0.29, 0.717) is 37.2 Å². The molecule has 0 saturated carbocycles. The van der Waals surface area contributed by atoms with Crippen molar-refractivity contribution in [2.45, 2.75) is 12.8 Å². The van der Waals surface area contributed by atoms with Crippen LogP contribution in [0, 0.1) is 5.92 Å². The molecule has 2 aromatic rings. The van der Waals surface area contributed by atoms with E-state index in [1.54, 1.807) is 24.1 Å². The van der Waals surface area contributed by atoms with E-state index < -0.39 is 11.9 Å². The summed E-state index contributed by atoms with van der Waals surface area (Å²) in [6, 6.07) is 16.7. The Hall–Kier alpha value is -3.35. The maximum atomic E-state index is 13.0. The zero-order chi connectivity index (χ0) is 20.8. The standard InChI is InChI=1S/C22H25N3O4/c1-24(15-20(26)25-13-11-16(12-14-25)22(28)29)21(27)18-9-5-6-10-19(18)23-17-7-3-2-4-8-17/h2-10,16,23H,11-15H2,1H3,(H,28,29). The quantitative estimate of drug-likeness (QED) is 0.785. The largest absolute Gasteiger partial charge is 0.481 e. The van der Waals surface area contributed by atoms with Gasteiger partial charge in [-0.3, -0.25) is 14.4 Å². The molecule has 0 bridgehead atoms. The summed E-state index contributed by atoms with van der Waals surface area (Å²) in [5.74, 6) is -1.63. The van der Waals surface area contributed by atoms with Crippen LogP contribution in [0.3, 0.4) is 0 Å². The van der Waals surface area contributed by atoms with E-state index in [0.717, 1.165) is 5.69 Å². The van der Waals surface area contributed by atoms with E-state index in [2.05, 4.69) is 5.32 Å². The fraction of sp³-hybridized carbons (Fsp3) is 0.318. The van der Waals surface area contributed by atoms with Crippen LogP contribution in [0.4, 0.5) is 11.4 Å². The van der Waals surface area contributed by atoms with E-state index >= 15 is 0 Å². The van der Waals surface area contributed by atoms with Gasteiger partial charge in [-0.2, -0.15) is 0 Å². The molecule has 2 N–H and O–H groups in total. The fourth-order valence-corrected chi connectivity index (χ4v) is 3.41. The molecule has 0 aliphatic carbocycles. The molecular weight excluding hydrogens is 370 g/mol. The Labute approximate surface area is 169 Å². The topological polar surface area (TPSA) is 90.0 Å². The third-order valence-corrected chi connectivity index (χ3v) is 5.13. The maximum Gasteiger partial charge on any atom is 0.306 e. The number of likely N-dealkylation sites (N-methyl/N-ethyl adjacent to an activating group) is 1. The summed E-state index contributed by atoms with van der Waals surface area (Å²) in [5, 5.41) is 12.3. The number of hydrogen-bond donors (Lipinski definition) is 2. The van der Waals surface area contributed by atoms with Gasteiger partial charge in [-0.1, -0.05) is 30.3 Å². The molecule has 29 heavy (non-hydrogen) atoms. The van der Waals surface area contributed by atoms with E-state index in [4.69, 9.17) is 5.11 Å². The van der Waals surface area contributed by atoms with Gasteiger partial charge in [-0.25, -0.2) is 0 Å². The molecule has 2 aromatic carbocycles. The molecule has 7 heteroatoms. The zero-order valence-electron chi connectivity index (χ0n) is 16.4. The SMILES string of the molecule is CN(CC(=O)N1CCC(C(=O)O)CC1)C(=O)c1ccccc1Nc1ccccc1. The van der Waals surface area contributed by atoms with Crippen molar-refractivity contribution >= 4 is 29.2 Å². The van der Waals surface area contributed by atoms with Crippen LogP contribution < -0.4 is 5.32 Å². The van der Waals surface area contributed by atoms with Gasteiger partial charge in [0.05, 0.1) is 23.7 Å². The van der Waals surface area contributed by atoms with Crippen molar-refractivity contribution in [2.24, 2.45) is 5.92 Å². The zero-order valence-corrected chi connectivity index (χ0v) is 16.4. The van der Waals surface area contributed by atoms with Crippen LogP contribution in [0.25, 0.3) is 0 Å². The number of amides is 2. The number of nitrogens with zero attached hydrogens (tertiary/aromatic N) is 2. The molecule has 1 aliphatic heterocycles. The van der Waals surface area contributed by atoms with Gasteiger partial charge in [0.1, 0.15) is 0 Å². The van der Waals surface area contributed by atoms with Crippen molar-refractivity contribution in [3.63, 3.8) is 0 Å². The number of rotatable bonds is 6.